The molecule has 0 aliphatic heterocycles. The van der Waals surface area contributed by atoms with E-state index >= 15 is 0 Å². The molecule has 0 saturated heterocycles. The molecule has 2 unspecified atom stereocenters. The van der Waals surface area contributed by atoms with E-state index in [9.17, 15) is 0 Å². The SMILES string of the molecule is CCCCC(CC)CO.CCCCCCC(C)O. The Morgan fingerprint density at radius 1 is 0.833 bits per heavy atom. The Morgan fingerprint density at radius 3 is 1.83 bits per heavy atom. The first-order valence-corrected chi connectivity index (χ1v) is 7.91. The Morgan fingerprint density at radius 2 is 1.44 bits per heavy atom. The summed E-state index contributed by atoms with van der Waals surface area (Å²) in [4.78, 5) is 0. The van der Waals surface area contributed by atoms with Crippen LogP contribution < -0.4 is 0 Å². The van der Waals surface area contributed by atoms with Gasteiger partial charge in [-0.05, 0) is 25.7 Å². The third-order valence-electron chi connectivity index (χ3n) is 3.28. The maximum absolute atomic E-state index is 8.85. The van der Waals surface area contributed by atoms with Gasteiger partial charge in [-0.1, -0.05) is 65.7 Å². The summed E-state index contributed by atoms with van der Waals surface area (Å²) >= 11 is 0. The van der Waals surface area contributed by atoms with E-state index in [1.165, 1.54) is 44.9 Å². The van der Waals surface area contributed by atoms with E-state index < -0.39 is 0 Å². The average molecular weight is 260 g/mol. The van der Waals surface area contributed by atoms with Crippen LogP contribution >= 0.6 is 0 Å². The van der Waals surface area contributed by atoms with E-state index in [0.29, 0.717) is 12.5 Å². The Hall–Kier alpha value is -0.0800. The maximum atomic E-state index is 8.85. The van der Waals surface area contributed by atoms with Gasteiger partial charge in [0.25, 0.3) is 0 Å². The summed E-state index contributed by atoms with van der Waals surface area (Å²) in [7, 11) is 0. The summed E-state index contributed by atoms with van der Waals surface area (Å²) in [5, 5.41) is 17.6. The lowest BCUT2D eigenvalue weighted by molar-refractivity contribution is 0.180. The molecular formula is C16H36O2. The first-order valence-electron chi connectivity index (χ1n) is 7.91. The highest BCUT2D eigenvalue weighted by molar-refractivity contribution is 4.53. The largest absolute Gasteiger partial charge is 0.396 e. The highest BCUT2D eigenvalue weighted by Crippen LogP contribution is 2.10. The van der Waals surface area contributed by atoms with Gasteiger partial charge >= 0.3 is 0 Å². The van der Waals surface area contributed by atoms with Gasteiger partial charge in [0.15, 0.2) is 0 Å². The Labute approximate surface area is 115 Å². The molecular weight excluding hydrogens is 224 g/mol. The lowest BCUT2D eigenvalue weighted by atomic mass is 10.0. The molecule has 112 valence electrons. The van der Waals surface area contributed by atoms with Crippen LogP contribution in [-0.2, 0) is 0 Å². The van der Waals surface area contributed by atoms with Gasteiger partial charge in [-0.3, -0.25) is 0 Å². The van der Waals surface area contributed by atoms with Crippen molar-refractivity contribution in [3.05, 3.63) is 0 Å². The van der Waals surface area contributed by atoms with Crippen molar-refractivity contribution in [2.45, 2.75) is 91.6 Å². The molecule has 18 heavy (non-hydrogen) atoms. The van der Waals surface area contributed by atoms with Gasteiger partial charge in [0, 0.05) is 6.61 Å². The van der Waals surface area contributed by atoms with Crippen molar-refractivity contribution in [2.75, 3.05) is 6.61 Å². The lowest BCUT2D eigenvalue weighted by Gasteiger charge is -2.08. The van der Waals surface area contributed by atoms with Crippen LogP contribution in [-0.4, -0.2) is 22.9 Å². The number of unbranched alkanes of at least 4 members (excludes halogenated alkanes) is 4. The van der Waals surface area contributed by atoms with Crippen LogP contribution in [0.3, 0.4) is 0 Å². The highest BCUT2D eigenvalue weighted by Gasteiger charge is 2.01. The lowest BCUT2D eigenvalue weighted by Crippen LogP contribution is -2.03. The zero-order chi connectivity index (χ0) is 14.2. The molecule has 0 aromatic heterocycles. The normalized spacial score (nSPS) is 13.7. The van der Waals surface area contributed by atoms with E-state index in [1.54, 1.807) is 0 Å². The fourth-order valence-electron chi connectivity index (χ4n) is 1.78. The van der Waals surface area contributed by atoms with Crippen LogP contribution in [0.1, 0.15) is 85.5 Å². The Kier molecular flexibility index (Phi) is 19.0. The minimum Gasteiger partial charge on any atom is -0.396 e. The zero-order valence-corrected chi connectivity index (χ0v) is 13.1. The molecule has 0 aromatic rings. The first kappa shape index (κ1) is 20.2. The van der Waals surface area contributed by atoms with Crippen LogP contribution in [0.2, 0.25) is 0 Å². The molecule has 2 atom stereocenters. The fraction of sp³-hybridized carbons (Fsp3) is 1.00. The van der Waals surface area contributed by atoms with Gasteiger partial charge in [0.05, 0.1) is 6.10 Å². The second kappa shape index (κ2) is 16.9. The van der Waals surface area contributed by atoms with Crippen molar-refractivity contribution in [1.29, 1.82) is 0 Å². The van der Waals surface area contributed by atoms with Gasteiger partial charge < -0.3 is 10.2 Å². The minimum atomic E-state index is -0.0955. The molecule has 0 spiro atoms. The molecule has 0 aliphatic rings. The minimum absolute atomic E-state index is 0.0955. The quantitative estimate of drug-likeness (QED) is 0.566. The Bertz CT molecular complexity index is 131. The number of aliphatic hydroxyl groups is 2. The van der Waals surface area contributed by atoms with Gasteiger partial charge in [0.2, 0.25) is 0 Å². The van der Waals surface area contributed by atoms with E-state index in [1.807, 2.05) is 6.92 Å². The van der Waals surface area contributed by atoms with Gasteiger partial charge in [-0.15, -0.1) is 0 Å². The second-order valence-electron chi connectivity index (χ2n) is 5.30. The standard InChI is InChI=1S/2C8H18O/c1-3-4-5-6-7-8(2)9;1-3-5-6-8(4-2)7-9/h2*8-9H,3-7H2,1-2H3. The van der Waals surface area contributed by atoms with Crippen LogP contribution in [0.4, 0.5) is 0 Å². The summed E-state index contributed by atoms with van der Waals surface area (Å²) in [6.07, 6.45) is 10.8. The number of rotatable bonds is 10. The van der Waals surface area contributed by atoms with Crippen LogP contribution in [0.25, 0.3) is 0 Å². The van der Waals surface area contributed by atoms with Crippen molar-refractivity contribution in [3.8, 4) is 0 Å². The van der Waals surface area contributed by atoms with Gasteiger partial charge in [-0.25, -0.2) is 0 Å². The van der Waals surface area contributed by atoms with Crippen molar-refractivity contribution in [2.24, 2.45) is 5.92 Å². The maximum Gasteiger partial charge on any atom is 0.0512 e. The summed E-state index contributed by atoms with van der Waals surface area (Å²) < 4.78 is 0. The Balaban J connectivity index is 0. The summed E-state index contributed by atoms with van der Waals surface area (Å²) in [5.41, 5.74) is 0. The molecule has 0 aliphatic carbocycles. The van der Waals surface area contributed by atoms with Crippen LogP contribution in [0.5, 0.6) is 0 Å². The molecule has 0 bridgehead atoms. The summed E-state index contributed by atoms with van der Waals surface area (Å²) in [5.74, 6) is 0.560. The van der Waals surface area contributed by atoms with Gasteiger partial charge in [-0.2, -0.15) is 0 Å². The number of hydrogen-bond acceptors (Lipinski definition) is 2. The average Bonchev–Trinajstić information content (AvgIpc) is 2.37. The zero-order valence-electron chi connectivity index (χ0n) is 13.1. The molecule has 2 N–H and O–H groups in total. The predicted octanol–water partition coefficient (Wildman–Crippen LogP) is 4.53. The molecule has 0 saturated carbocycles. The first-order chi connectivity index (χ1) is 8.62. The summed E-state index contributed by atoms with van der Waals surface area (Å²) in [6.45, 7) is 8.74. The second-order valence-corrected chi connectivity index (χ2v) is 5.30. The molecule has 0 aromatic carbocycles. The molecule has 0 heterocycles. The smallest absolute Gasteiger partial charge is 0.0512 e. The monoisotopic (exact) mass is 260 g/mol. The topological polar surface area (TPSA) is 40.5 Å². The molecule has 2 nitrogen and oxygen atoms in total. The molecule has 0 fully saturated rings. The van der Waals surface area contributed by atoms with E-state index in [2.05, 4.69) is 20.8 Å². The summed E-state index contributed by atoms with van der Waals surface area (Å²) in [6, 6.07) is 0. The van der Waals surface area contributed by atoms with Crippen molar-refractivity contribution in [1.82, 2.24) is 0 Å². The van der Waals surface area contributed by atoms with E-state index in [0.717, 1.165) is 12.8 Å². The van der Waals surface area contributed by atoms with Crippen LogP contribution in [0, 0.1) is 5.92 Å². The fourth-order valence-corrected chi connectivity index (χ4v) is 1.78. The van der Waals surface area contributed by atoms with E-state index in [4.69, 9.17) is 10.2 Å². The van der Waals surface area contributed by atoms with Crippen molar-refractivity contribution >= 4 is 0 Å². The number of hydrogen-bond donors (Lipinski definition) is 2. The predicted molar refractivity (Wildman–Crippen MR) is 80.8 cm³/mol. The third kappa shape index (κ3) is 18.3. The van der Waals surface area contributed by atoms with Crippen LogP contribution in [0.15, 0.2) is 0 Å². The highest BCUT2D eigenvalue weighted by atomic mass is 16.3. The molecule has 0 radical (unpaired) electrons. The molecule has 2 heteroatoms. The van der Waals surface area contributed by atoms with Crippen molar-refractivity contribution < 1.29 is 10.2 Å². The molecule has 0 amide bonds. The number of aliphatic hydroxyl groups excluding tert-OH is 2. The van der Waals surface area contributed by atoms with E-state index in [-0.39, 0.29) is 6.10 Å². The molecule has 0 rings (SSSR count). The van der Waals surface area contributed by atoms with Crippen molar-refractivity contribution in [3.63, 3.8) is 0 Å². The third-order valence-corrected chi connectivity index (χ3v) is 3.28. The van der Waals surface area contributed by atoms with Gasteiger partial charge in [0.1, 0.15) is 0 Å².